The Hall–Kier alpha value is -1.02. The van der Waals surface area contributed by atoms with Crippen molar-refractivity contribution in [3.63, 3.8) is 0 Å². The van der Waals surface area contributed by atoms with E-state index in [1.807, 2.05) is 31.3 Å². The van der Waals surface area contributed by atoms with Gasteiger partial charge in [-0.25, -0.2) is 0 Å². The van der Waals surface area contributed by atoms with Crippen molar-refractivity contribution in [2.24, 2.45) is 11.8 Å². The molecule has 2 nitrogen and oxygen atoms in total. The van der Waals surface area contributed by atoms with Gasteiger partial charge in [0, 0.05) is 23.7 Å². The quantitative estimate of drug-likeness (QED) is 0.787. The Kier molecular flexibility index (Phi) is 4.28. The van der Waals surface area contributed by atoms with E-state index < -0.39 is 0 Å². The summed E-state index contributed by atoms with van der Waals surface area (Å²) in [7, 11) is 1.84. The van der Waals surface area contributed by atoms with E-state index in [1.54, 1.807) is 4.90 Å². The van der Waals surface area contributed by atoms with Crippen LogP contribution in [0, 0.1) is 11.8 Å². The molecule has 0 N–H and O–H groups in total. The zero-order valence-corrected chi connectivity index (χ0v) is 11.8. The number of hydrogen-bond acceptors (Lipinski definition) is 1. The van der Waals surface area contributed by atoms with Crippen LogP contribution in [0.4, 0.5) is 5.69 Å². The molecule has 0 aromatic heterocycles. The number of rotatable bonds is 2. The van der Waals surface area contributed by atoms with E-state index in [1.165, 1.54) is 12.8 Å². The van der Waals surface area contributed by atoms with Gasteiger partial charge in [-0.1, -0.05) is 37.4 Å². The maximum absolute atomic E-state index is 12.4. The minimum absolute atomic E-state index is 0.178. The molecule has 1 saturated carbocycles. The summed E-state index contributed by atoms with van der Waals surface area (Å²) in [6.07, 6.45) is 4.46. The van der Waals surface area contributed by atoms with E-state index >= 15 is 0 Å². The molecule has 1 fully saturated rings. The summed E-state index contributed by atoms with van der Waals surface area (Å²) in [5.74, 6) is 1.07. The van der Waals surface area contributed by atoms with Gasteiger partial charge in [-0.3, -0.25) is 4.79 Å². The fraction of sp³-hybridized carbons (Fsp3) is 0.533. The predicted octanol–water partition coefficient (Wildman–Crippen LogP) is 4.13. The van der Waals surface area contributed by atoms with Crippen LogP contribution in [0.1, 0.15) is 32.6 Å². The van der Waals surface area contributed by atoms with E-state index in [0.29, 0.717) is 10.9 Å². The maximum atomic E-state index is 12.4. The Morgan fingerprint density at radius 1 is 1.39 bits per heavy atom. The van der Waals surface area contributed by atoms with E-state index in [-0.39, 0.29) is 11.8 Å². The number of amides is 1. The Bertz CT molecular complexity index is 432. The molecule has 1 aliphatic carbocycles. The third kappa shape index (κ3) is 3.05. The van der Waals surface area contributed by atoms with Crippen molar-refractivity contribution in [2.45, 2.75) is 32.6 Å². The molecule has 0 spiro atoms. The van der Waals surface area contributed by atoms with Crippen LogP contribution in [0.15, 0.2) is 24.3 Å². The molecular weight excluding hydrogens is 246 g/mol. The fourth-order valence-electron chi connectivity index (χ4n) is 2.74. The number of hydrogen-bond donors (Lipinski definition) is 0. The van der Waals surface area contributed by atoms with Crippen LogP contribution in [-0.2, 0) is 4.79 Å². The summed E-state index contributed by atoms with van der Waals surface area (Å²) in [6.45, 7) is 2.23. The lowest BCUT2D eigenvalue weighted by Crippen LogP contribution is -2.35. The second-order valence-corrected chi connectivity index (χ2v) is 5.78. The van der Waals surface area contributed by atoms with Crippen molar-refractivity contribution >= 4 is 23.2 Å². The fourth-order valence-corrected chi connectivity index (χ4v) is 2.93. The van der Waals surface area contributed by atoms with Crippen LogP contribution in [0.25, 0.3) is 0 Å². The molecule has 0 saturated heterocycles. The molecule has 0 radical (unpaired) electrons. The molecule has 1 aromatic carbocycles. The summed E-state index contributed by atoms with van der Waals surface area (Å²) < 4.78 is 0. The van der Waals surface area contributed by atoms with Gasteiger partial charge in [0.1, 0.15) is 0 Å². The standard InChI is InChI=1S/C15H20ClNO/c1-11-5-3-6-12(9-11)15(18)17(2)14-8-4-7-13(16)10-14/h4,7-8,10-12H,3,5-6,9H2,1-2H3. The summed E-state index contributed by atoms with van der Waals surface area (Å²) in [4.78, 5) is 14.2. The summed E-state index contributed by atoms with van der Waals surface area (Å²) in [5.41, 5.74) is 0.880. The maximum Gasteiger partial charge on any atom is 0.229 e. The van der Waals surface area contributed by atoms with Crippen molar-refractivity contribution in [1.82, 2.24) is 0 Å². The lowest BCUT2D eigenvalue weighted by atomic mass is 9.82. The first kappa shape index (κ1) is 13.4. The second-order valence-electron chi connectivity index (χ2n) is 5.35. The Morgan fingerprint density at radius 3 is 2.83 bits per heavy atom. The molecule has 2 rings (SSSR count). The number of carbonyl (C=O) groups is 1. The lowest BCUT2D eigenvalue weighted by Gasteiger charge is -2.29. The van der Waals surface area contributed by atoms with Gasteiger partial charge in [0.05, 0.1) is 0 Å². The first-order chi connectivity index (χ1) is 8.58. The summed E-state index contributed by atoms with van der Waals surface area (Å²) in [6, 6.07) is 7.47. The number of benzene rings is 1. The van der Waals surface area contributed by atoms with Crippen molar-refractivity contribution in [1.29, 1.82) is 0 Å². The smallest absolute Gasteiger partial charge is 0.229 e. The molecule has 0 heterocycles. The zero-order chi connectivity index (χ0) is 13.1. The van der Waals surface area contributed by atoms with E-state index in [4.69, 9.17) is 11.6 Å². The highest BCUT2D eigenvalue weighted by molar-refractivity contribution is 6.30. The van der Waals surface area contributed by atoms with Gasteiger partial charge >= 0.3 is 0 Å². The van der Waals surface area contributed by atoms with Crippen molar-refractivity contribution < 1.29 is 4.79 Å². The normalized spacial score (nSPS) is 23.7. The van der Waals surface area contributed by atoms with Crippen LogP contribution in [0.3, 0.4) is 0 Å². The van der Waals surface area contributed by atoms with Gasteiger partial charge in [-0.2, -0.15) is 0 Å². The lowest BCUT2D eigenvalue weighted by molar-refractivity contribution is -0.123. The molecule has 98 valence electrons. The first-order valence-electron chi connectivity index (χ1n) is 6.61. The molecule has 1 aromatic rings. The van der Waals surface area contributed by atoms with Gasteiger partial charge in [0.15, 0.2) is 0 Å². The van der Waals surface area contributed by atoms with Gasteiger partial charge < -0.3 is 4.90 Å². The second kappa shape index (κ2) is 5.75. The highest BCUT2D eigenvalue weighted by Gasteiger charge is 2.27. The molecule has 1 amide bonds. The monoisotopic (exact) mass is 265 g/mol. The SMILES string of the molecule is CC1CCCC(C(=O)N(C)c2cccc(Cl)c2)C1. The van der Waals surface area contributed by atoms with Crippen molar-refractivity contribution in [3.05, 3.63) is 29.3 Å². The molecule has 1 aliphatic rings. The third-order valence-electron chi connectivity index (χ3n) is 3.81. The van der Waals surface area contributed by atoms with Crippen LogP contribution in [0.2, 0.25) is 5.02 Å². The molecule has 2 atom stereocenters. The summed E-state index contributed by atoms with van der Waals surface area (Å²) >= 11 is 5.96. The van der Waals surface area contributed by atoms with Gasteiger partial charge in [-0.15, -0.1) is 0 Å². The largest absolute Gasteiger partial charge is 0.315 e. The summed E-state index contributed by atoms with van der Waals surface area (Å²) in [5, 5.41) is 0.671. The third-order valence-corrected chi connectivity index (χ3v) is 4.05. The highest BCUT2D eigenvalue weighted by atomic mass is 35.5. The van der Waals surface area contributed by atoms with E-state index in [2.05, 4.69) is 6.92 Å². The first-order valence-corrected chi connectivity index (χ1v) is 6.99. The van der Waals surface area contributed by atoms with E-state index in [9.17, 15) is 4.79 Å². The van der Waals surface area contributed by atoms with Gasteiger partial charge in [-0.05, 0) is 37.0 Å². The van der Waals surface area contributed by atoms with Crippen molar-refractivity contribution in [2.75, 3.05) is 11.9 Å². The van der Waals surface area contributed by atoms with Crippen LogP contribution >= 0.6 is 11.6 Å². The molecule has 2 unspecified atom stereocenters. The number of carbonyl (C=O) groups excluding carboxylic acids is 1. The Balaban J connectivity index is 2.08. The highest BCUT2D eigenvalue weighted by Crippen LogP contribution is 2.31. The zero-order valence-electron chi connectivity index (χ0n) is 11.0. The average molecular weight is 266 g/mol. The molecule has 0 aliphatic heterocycles. The Morgan fingerprint density at radius 2 is 2.17 bits per heavy atom. The molecule has 18 heavy (non-hydrogen) atoms. The van der Waals surface area contributed by atoms with Crippen LogP contribution in [-0.4, -0.2) is 13.0 Å². The van der Waals surface area contributed by atoms with Crippen LogP contribution < -0.4 is 4.90 Å². The Labute approximate surface area is 114 Å². The van der Waals surface area contributed by atoms with Crippen LogP contribution in [0.5, 0.6) is 0 Å². The van der Waals surface area contributed by atoms with E-state index in [0.717, 1.165) is 18.5 Å². The average Bonchev–Trinajstić information content (AvgIpc) is 2.37. The molecule has 3 heteroatoms. The molecular formula is C15H20ClNO. The predicted molar refractivity (Wildman–Crippen MR) is 76.0 cm³/mol. The number of halogens is 1. The number of anilines is 1. The van der Waals surface area contributed by atoms with Gasteiger partial charge in [0.2, 0.25) is 5.91 Å². The molecule has 0 bridgehead atoms. The van der Waals surface area contributed by atoms with Gasteiger partial charge in [0.25, 0.3) is 0 Å². The minimum Gasteiger partial charge on any atom is -0.315 e. The number of nitrogens with zero attached hydrogens (tertiary/aromatic N) is 1. The topological polar surface area (TPSA) is 20.3 Å². The van der Waals surface area contributed by atoms with Crippen molar-refractivity contribution in [3.8, 4) is 0 Å². The minimum atomic E-state index is 0.178.